The van der Waals surface area contributed by atoms with Crippen LogP contribution in [0, 0.1) is 13.8 Å². The third-order valence-electron chi connectivity index (χ3n) is 13.8. The van der Waals surface area contributed by atoms with Gasteiger partial charge in [-0.15, -0.1) is 0 Å². The molecule has 0 aromatic heterocycles. The van der Waals surface area contributed by atoms with E-state index in [-0.39, 0.29) is 0 Å². The Morgan fingerprint density at radius 3 is 0.894 bits per heavy atom. The van der Waals surface area contributed by atoms with Gasteiger partial charge < -0.3 is 9.80 Å². The maximum atomic E-state index is 2.42. The lowest BCUT2D eigenvalue weighted by Gasteiger charge is -2.27. The Bertz CT molecular complexity index is 3580. The summed E-state index contributed by atoms with van der Waals surface area (Å²) in [6.07, 6.45) is 0. The highest BCUT2D eigenvalue weighted by molar-refractivity contribution is 6.47. The normalized spacial score (nSPS) is 11.8. The molecule has 0 atom stereocenters. The SMILES string of the molecule is Cc1ccc(N(c2ccccc2)c2ccc3c4c(-c5ccccc5)c5c6cccc7c(N(c8ccccc8)c8ccc(C)cc8)ccc(c5c(-c5ccccc5)c4c4cccc2c43)c76)cc1. The lowest BCUT2D eigenvalue weighted by molar-refractivity contribution is 1.29. The second-order valence-corrected chi connectivity index (χ2v) is 17.7. The number of anilines is 6. The van der Waals surface area contributed by atoms with Crippen molar-refractivity contribution in [1.82, 2.24) is 0 Å². The highest BCUT2D eigenvalue weighted by Gasteiger charge is 2.29. The average molecular weight is 841 g/mol. The highest BCUT2D eigenvalue weighted by atomic mass is 15.1. The van der Waals surface area contributed by atoms with Crippen LogP contribution in [0.2, 0.25) is 0 Å². The molecule has 0 aliphatic carbocycles. The number of fused-ring (bicyclic) bond motifs is 6. The summed E-state index contributed by atoms with van der Waals surface area (Å²) in [6, 6.07) is 85.2. The molecule has 66 heavy (non-hydrogen) atoms. The summed E-state index contributed by atoms with van der Waals surface area (Å²) in [4.78, 5) is 4.84. The van der Waals surface area contributed by atoms with Crippen LogP contribution in [0.3, 0.4) is 0 Å². The summed E-state index contributed by atoms with van der Waals surface area (Å²) in [5.74, 6) is 0. The fraction of sp³-hybridized carbons (Fsp3) is 0.0312. The van der Waals surface area contributed by atoms with E-state index in [9.17, 15) is 0 Å². The minimum atomic E-state index is 1.13. The maximum Gasteiger partial charge on any atom is 0.0540 e. The van der Waals surface area contributed by atoms with Crippen molar-refractivity contribution in [2.24, 2.45) is 0 Å². The minimum absolute atomic E-state index is 1.13. The van der Waals surface area contributed by atoms with Gasteiger partial charge in [0.2, 0.25) is 0 Å². The van der Waals surface area contributed by atoms with Gasteiger partial charge >= 0.3 is 0 Å². The third-order valence-corrected chi connectivity index (χ3v) is 13.8. The Labute approximate surface area is 384 Å². The van der Waals surface area contributed by atoms with Crippen LogP contribution in [0.15, 0.2) is 231 Å². The van der Waals surface area contributed by atoms with E-state index in [0.717, 1.165) is 34.1 Å². The van der Waals surface area contributed by atoms with E-state index in [0.29, 0.717) is 0 Å². The van der Waals surface area contributed by atoms with Crippen molar-refractivity contribution < 1.29 is 0 Å². The van der Waals surface area contributed by atoms with E-state index in [1.165, 1.54) is 98.0 Å². The molecule has 0 amide bonds. The molecule has 13 aromatic rings. The average Bonchev–Trinajstić information content (AvgIpc) is 3.89. The molecule has 0 fully saturated rings. The van der Waals surface area contributed by atoms with Crippen LogP contribution < -0.4 is 9.80 Å². The molecule has 0 aliphatic heterocycles. The van der Waals surface area contributed by atoms with Gasteiger partial charge in [0.05, 0.1) is 11.4 Å². The van der Waals surface area contributed by atoms with Crippen LogP contribution in [0.5, 0.6) is 0 Å². The number of hydrogen-bond donors (Lipinski definition) is 0. The molecule has 0 aliphatic rings. The Balaban J connectivity index is 1.20. The van der Waals surface area contributed by atoms with Gasteiger partial charge in [0.1, 0.15) is 0 Å². The molecule has 0 saturated carbocycles. The molecule has 13 aromatic carbocycles. The van der Waals surface area contributed by atoms with Gasteiger partial charge in [-0.05, 0) is 151 Å². The molecule has 0 saturated heterocycles. The predicted molar refractivity (Wildman–Crippen MR) is 284 cm³/mol. The lowest BCUT2D eigenvalue weighted by atomic mass is 9.87. The molecule has 0 unspecified atom stereocenters. The number of aryl methyl sites for hydroxylation is 2. The summed E-state index contributed by atoms with van der Waals surface area (Å²) in [6.45, 7) is 4.31. The van der Waals surface area contributed by atoms with Crippen LogP contribution >= 0.6 is 0 Å². The molecule has 0 bridgehead atoms. The lowest BCUT2D eigenvalue weighted by Crippen LogP contribution is -2.10. The van der Waals surface area contributed by atoms with Crippen molar-refractivity contribution in [3.8, 4) is 22.3 Å². The van der Waals surface area contributed by atoms with E-state index in [1.54, 1.807) is 0 Å². The Morgan fingerprint density at radius 1 is 0.227 bits per heavy atom. The summed E-state index contributed by atoms with van der Waals surface area (Å²) < 4.78 is 0. The number of nitrogens with zero attached hydrogens (tertiary/aromatic N) is 2. The van der Waals surface area contributed by atoms with Gasteiger partial charge in [-0.2, -0.15) is 0 Å². The van der Waals surface area contributed by atoms with Crippen molar-refractivity contribution in [3.63, 3.8) is 0 Å². The highest BCUT2D eigenvalue weighted by Crippen LogP contribution is 2.57. The zero-order valence-corrected chi connectivity index (χ0v) is 36.8. The zero-order chi connectivity index (χ0) is 43.9. The van der Waals surface area contributed by atoms with Crippen LogP contribution in [-0.2, 0) is 0 Å². The first kappa shape index (κ1) is 38.0. The fourth-order valence-corrected chi connectivity index (χ4v) is 11.0. The molecule has 310 valence electrons. The smallest absolute Gasteiger partial charge is 0.0540 e. The van der Waals surface area contributed by atoms with Crippen LogP contribution in [-0.4, -0.2) is 0 Å². The minimum Gasteiger partial charge on any atom is -0.310 e. The van der Waals surface area contributed by atoms with Crippen LogP contribution in [0.4, 0.5) is 34.1 Å². The van der Waals surface area contributed by atoms with E-state index in [2.05, 4.69) is 254 Å². The maximum absolute atomic E-state index is 2.42. The number of benzene rings is 11. The number of para-hydroxylation sites is 2. The second-order valence-electron chi connectivity index (χ2n) is 17.7. The first-order chi connectivity index (χ1) is 32.6. The molecule has 2 heteroatoms. The third kappa shape index (κ3) is 5.75. The number of hydrogen-bond acceptors (Lipinski definition) is 2. The quantitative estimate of drug-likeness (QED) is 0.150. The topological polar surface area (TPSA) is 6.48 Å². The largest absolute Gasteiger partial charge is 0.310 e. The van der Waals surface area contributed by atoms with Crippen LogP contribution in [0.25, 0.3) is 86.9 Å². The number of rotatable bonds is 8. The summed E-state index contributed by atoms with van der Waals surface area (Å²) in [5.41, 5.74) is 14.3. The summed E-state index contributed by atoms with van der Waals surface area (Å²) >= 11 is 0. The molecule has 0 N–H and O–H groups in total. The predicted octanol–water partition coefficient (Wildman–Crippen LogP) is 18.4. The van der Waals surface area contributed by atoms with Crippen molar-refractivity contribution in [2.45, 2.75) is 13.8 Å². The van der Waals surface area contributed by atoms with E-state index < -0.39 is 0 Å². The van der Waals surface area contributed by atoms with Gasteiger partial charge in [0.15, 0.2) is 0 Å². The Kier molecular flexibility index (Phi) is 8.69. The van der Waals surface area contributed by atoms with Crippen molar-refractivity contribution in [2.75, 3.05) is 9.80 Å². The summed E-state index contributed by atoms with van der Waals surface area (Å²) in [7, 11) is 0. The van der Waals surface area contributed by atoms with Gasteiger partial charge in [0, 0.05) is 33.5 Å². The van der Waals surface area contributed by atoms with Gasteiger partial charge in [-0.25, -0.2) is 0 Å². The molecule has 13 rings (SSSR count). The molecule has 0 radical (unpaired) electrons. The molecule has 0 spiro atoms. The van der Waals surface area contributed by atoms with E-state index in [1.807, 2.05) is 0 Å². The fourth-order valence-electron chi connectivity index (χ4n) is 11.0. The van der Waals surface area contributed by atoms with Gasteiger partial charge in [0.25, 0.3) is 0 Å². The zero-order valence-electron chi connectivity index (χ0n) is 36.8. The second kappa shape index (κ2) is 15.1. The monoisotopic (exact) mass is 840 g/mol. The summed E-state index contributed by atoms with van der Waals surface area (Å²) in [5, 5.41) is 15.3. The van der Waals surface area contributed by atoms with Crippen molar-refractivity contribution in [3.05, 3.63) is 242 Å². The van der Waals surface area contributed by atoms with E-state index >= 15 is 0 Å². The molecular formula is C64H44N2. The first-order valence-corrected chi connectivity index (χ1v) is 22.9. The van der Waals surface area contributed by atoms with Crippen molar-refractivity contribution >= 4 is 98.8 Å². The first-order valence-electron chi connectivity index (χ1n) is 22.9. The van der Waals surface area contributed by atoms with Crippen molar-refractivity contribution in [1.29, 1.82) is 0 Å². The standard InChI is InChI=1S/C64H44N2/c1-41-29-33-47(34-30-41)65(45-21-11-5-12-22-45)55-39-37-53-59-49(55)25-15-27-51(59)61-57(43-17-7-3-8-18-43)64-54-38-40-56(66(46-23-13-6-14-24-46)48-35-31-42(2)32-36-48)50-26-16-28-52(60(50)54)62(64)58(63(53)61)44-19-9-4-10-20-44/h3-40H,1-2H3. The Hall–Kier alpha value is -8.46. The Morgan fingerprint density at radius 2 is 0.530 bits per heavy atom. The van der Waals surface area contributed by atoms with Gasteiger partial charge in [-0.3, -0.25) is 0 Å². The molecule has 0 heterocycles. The molecular weight excluding hydrogens is 797 g/mol. The van der Waals surface area contributed by atoms with Crippen LogP contribution in [0.1, 0.15) is 11.1 Å². The molecule has 2 nitrogen and oxygen atoms in total. The van der Waals surface area contributed by atoms with E-state index in [4.69, 9.17) is 0 Å². The van der Waals surface area contributed by atoms with Gasteiger partial charge in [-0.1, -0.05) is 181 Å².